The number of amides is 1. The Balaban J connectivity index is 2.36. The molecule has 244 valence electrons. The van der Waals surface area contributed by atoms with Gasteiger partial charge in [0.2, 0.25) is 0 Å². The molecule has 0 saturated heterocycles. The summed E-state index contributed by atoms with van der Waals surface area (Å²) in [7, 11) is 0.881. The van der Waals surface area contributed by atoms with Gasteiger partial charge in [0, 0.05) is 11.6 Å². The molecule has 3 aromatic carbocycles. The van der Waals surface area contributed by atoms with E-state index in [2.05, 4.69) is 14.8 Å². The zero-order chi connectivity index (χ0) is 33.9. The first-order chi connectivity index (χ1) is 20.8. The Morgan fingerprint density at radius 3 is 2.07 bits per heavy atom. The molecular weight excluding hydrogens is 632 g/mol. The van der Waals surface area contributed by atoms with E-state index in [9.17, 15) is 53.5 Å². The Morgan fingerprint density at radius 2 is 1.49 bits per heavy atom. The number of benzene rings is 3. The number of carbonyl (C=O) groups excluding carboxylic acids is 2. The SMILES string of the molecule is COC(=O)CC(NC(=O)c1ccc(F)c(C(F)(F)F)c1)(c1cc(F)cc(OC(F)(F)C(F)F)c1)c1ccc(F)c(OC(C)C)c1. The second kappa shape index (κ2) is 13.2. The van der Waals surface area contributed by atoms with Gasteiger partial charge in [0.05, 0.1) is 25.2 Å². The van der Waals surface area contributed by atoms with Crippen molar-refractivity contribution >= 4 is 11.9 Å². The number of alkyl halides is 7. The zero-order valence-corrected chi connectivity index (χ0v) is 23.4. The van der Waals surface area contributed by atoms with Crippen LogP contribution >= 0.6 is 0 Å². The van der Waals surface area contributed by atoms with Gasteiger partial charge in [-0.3, -0.25) is 9.59 Å². The normalized spacial score (nSPS) is 13.4. The van der Waals surface area contributed by atoms with Crippen LogP contribution in [0.15, 0.2) is 54.6 Å². The fourth-order valence-electron chi connectivity index (χ4n) is 4.18. The minimum absolute atomic E-state index is 0.134. The lowest BCUT2D eigenvalue weighted by Crippen LogP contribution is -2.48. The van der Waals surface area contributed by atoms with Gasteiger partial charge in [0.1, 0.15) is 22.9 Å². The highest BCUT2D eigenvalue weighted by Gasteiger charge is 2.45. The van der Waals surface area contributed by atoms with Crippen LogP contribution in [0.5, 0.6) is 11.5 Å². The summed E-state index contributed by atoms with van der Waals surface area (Å²) in [6.07, 6.45) is -16.5. The summed E-state index contributed by atoms with van der Waals surface area (Å²) in [6, 6.07) is 5.13. The van der Waals surface area contributed by atoms with Crippen molar-refractivity contribution in [1.82, 2.24) is 5.32 Å². The lowest BCUT2D eigenvalue weighted by atomic mass is 9.79. The average Bonchev–Trinajstić information content (AvgIpc) is 2.92. The molecule has 0 saturated carbocycles. The molecule has 0 bridgehead atoms. The van der Waals surface area contributed by atoms with Crippen molar-refractivity contribution in [3.8, 4) is 11.5 Å². The van der Waals surface area contributed by atoms with Gasteiger partial charge in [-0.25, -0.2) is 13.2 Å². The predicted molar refractivity (Wildman–Crippen MR) is 136 cm³/mol. The van der Waals surface area contributed by atoms with Gasteiger partial charge in [-0.05, 0) is 67.4 Å². The molecule has 3 rings (SSSR count). The van der Waals surface area contributed by atoms with E-state index in [4.69, 9.17) is 4.74 Å². The van der Waals surface area contributed by atoms with Gasteiger partial charge in [0.15, 0.2) is 11.6 Å². The topological polar surface area (TPSA) is 73.9 Å². The number of esters is 1. The highest BCUT2D eigenvalue weighted by Crippen LogP contribution is 2.40. The molecule has 0 spiro atoms. The van der Waals surface area contributed by atoms with Crippen molar-refractivity contribution in [2.45, 2.75) is 50.6 Å². The largest absolute Gasteiger partial charge is 0.488 e. The highest BCUT2D eigenvalue weighted by molar-refractivity contribution is 5.96. The first kappa shape index (κ1) is 35.0. The van der Waals surface area contributed by atoms with Crippen molar-refractivity contribution < 1.29 is 67.7 Å². The van der Waals surface area contributed by atoms with Crippen LogP contribution < -0.4 is 14.8 Å². The van der Waals surface area contributed by atoms with E-state index in [1.165, 1.54) is 13.8 Å². The van der Waals surface area contributed by atoms with Crippen molar-refractivity contribution in [3.05, 3.63) is 94.3 Å². The maximum absolute atomic E-state index is 14.9. The van der Waals surface area contributed by atoms with Crippen LogP contribution in [0.25, 0.3) is 0 Å². The van der Waals surface area contributed by atoms with Gasteiger partial charge in [0.25, 0.3) is 5.91 Å². The van der Waals surface area contributed by atoms with E-state index in [-0.39, 0.29) is 17.7 Å². The second-order valence-electron chi connectivity index (χ2n) is 9.76. The maximum atomic E-state index is 14.9. The molecule has 3 aromatic rings. The Morgan fingerprint density at radius 1 is 0.844 bits per heavy atom. The van der Waals surface area contributed by atoms with Crippen LogP contribution in [0, 0.1) is 17.5 Å². The first-order valence-corrected chi connectivity index (χ1v) is 12.7. The summed E-state index contributed by atoms with van der Waals surface area (Å²) in [6.45, 7) is 3.00. The van der Waals surface area contributed by atoms with Crippen LogP contribution in [0.1, 0.15) is 47.3 Å². The first-order valence-electron chi connectivity index (χ1n) is 12.7. The van der Waals surface area contributed by atoms with Gasteiger partial charge >= 0.3 is 24.7 Å². The number of hydrogen-bond donors (Lipinski definition) is 1. The van der Waals surface area contributed by atoms with E-state index in [0.29, 0.717) is 24.3 Å². The quantitative estimate of drug-likeness (QED) is 0.172. The summed E-state index contributed by atoms with van der Waals surface area (Å²) >= 11 is 0. The molecule has 0 fully saturated rings. The zero-order valence-electron chi connectivity index (χ0n) is 23.4. The molecule has 1 amide bonds. The monoisotopic (exact) mass is 655 g/mol. The minimum Gasteiger partial charge on any atom is -0.488 e. The Bertz CT molecular complexity index is 1560. The van der Waals surface area contributed by atoms with Crippen molar-refractivity contribution in [2.75, 3.05) is 7.11 Å². The van der Waals surface area contributed by atoms with Crippen LogP contribution in [0.3, 0.4) is 0 Å². The van der Waals surface area contributed by atoms with E-state index in [0.717, 1.165) is 25.3 Å². The van der Waals surface area contributed by atoms with Gasteiger partial charge < -0.3 is 19.5 Å². The number of ether oxygens (including phenoxy) is 3. The average molecular weight is 655 g/mol. The summed E-state index contributed by atoms with van der Waals surface area (Å²) in [5.41, 5.74) is -6.22. The van der Waals surface area contributed by atoms with E-state index in [1.807, 2.05) is 0 Å². The maximum Gasteiger partial charge on any atom is 0.461 e. The second-order valence-corrected chi connectivity index (χ2v) is 9.76. The molecular formula is C29H23F10NO5. The number of carbonyl (C=O) groups is 2. The molecule has 1 N–H and O–H groups in total. The fourth-order valence-corrected chi connectivity index (χ4v) is 4.18. The third-order valence-corrected chi connectivity index (χ3v) is 6.16. The van der Waals surface area contributed by atoms with E-state index in [1.54, 1.807) is 0 Å². The van der Waals surface area contributed by atoms with Crippen LogP contribution in [0.2, 0.25) is 0 Å². The molecule has 6 nitrogen and oxygen atoms in total. The third-order valence-electron chi connectivity index (χ3n) is 6.16. The summed E-state index contributed by atoms with van der Waals surface area (Å²) in [5.74, 6) is -8.49. The van der Waals surface area contributed by atoms with Gasteiger partial charge in [-0.15, -0.1) is 0 Å². The lowest BCUT2D eigenvalue weighted by molar-refractivity contribution is -0.253. The van der Waals surface area contributed by atoms with Gasteiger partial charge in [-0.2, -0.15) is 30.7 Å². The van der Waals surface area contributed by atoms with Crippen LogP contribution in [-0.4, -0.2) is 37.6 Å². The molecule has 0 radical (unpaired) electrons. The Kier molecular flexibility index (Phi) is 10.3. The standard InChI is InChI=1S/C29H23F10NO5/c1-14(2)44-23-11-16(5-7-22(23)32)27(13-24(41)43-3,17-9-18(30)12-19(10-17)45-29(38,39)26(33)34)40-25(42)15-4-6-21(31)20(8-15)28(35,36)37/h4-12,14,26H,13H2,1-3H3,(H,40,42). The molecule has 0 aliphatic carbocycles. The Labute approximate surface area is 248 Å². The number of rotatable bonds is 11. The summed E-state index contributed by atoms with van der Waals surface area (Å²) < 4.78 is 151. The number of methoxy groups -OCH3 is 1. The van der Waals surface area contributed by atoms with E-state index < -0.39 is 94.3 Å². The molecule has 0 aliphatic rings. The molecule has 0 aliphatic heterocycles. The number of hydrogen-bond acceptors (Lipinski definition) is 5. The van der Waals surface area contributed by atoms with Crippen molar-refractivity contribution in [2.24, 2.45) is 0 Å². The van der Waals surface area contributed by atoms with Crippen molar-refractivity contribution in [3.63, 3.8) is 0 Å². The number of halogens is 10. The molecule has 45 heavy (non-hydrogen) atoms. The molecule has 0 aromatic heterocycles. The third kappa shape index (κ3) is 8.16. The number of nitrogens with one attached hydrogen (secondary N) is 1. The molecule has 1 atom stereocenters. The predicted octanol–water partition coefficient (Wildman–Crippen LogP) is 7.38. The van der Waals surface area contributed by atoms with Crippen LogP contribution in [0.4, 0.5) is 43.9 Å². The summed E-state index contributed by atoms with van der Waals surface area (Å²) in [5, 5.41) is 2.22. The van der Waals surface area contributed by atoms with Crippen LogP contribution in [-0.2, 0) is 21.2 Å². The highest BCUT2D eigenvalue weighted by atomic mass is 19.4. The lowest BCUT2D eigenvalue weighted by Gasteiger charge is -2.36. The summed E-state index contributed by atoms with van der Waals surface area (Å²) in [4.78, 5) is 26.2. The van der Waals surface area contributed by atoms with Gasteiger partial charge in [-0.1, -0.05) is 6.07 Å². The molecule has 1 unspecified atom stereocenters. The molecule has 0 heterocycles. The van der Waals surface area contributed by atoms with Crippen molar-refractivity contribution in [1.29, 1.82) is 0 Å². The smallest absolute Gasteiger partial charge is 0.461 e. The minimum atomic E-state index is -5.26. The Hall–Kier alpha value is -4.50. The van der Waals surface area contributed by atoms with E-state index >= 15 is 0 Å². The fraction of sp³-hybridized carbons (Fsp3) is 0.310. The molecule has 16 heteroatoms.